The van der Waals surface area contributed by atoms with Crippen LogP contribution in [0.2, 0.25) is 0 Å². The summed E-state index contributed by atoms with van der Waals surface area (Å²) in [7, 11) is 0. The van der Waals surface area contributed by atoms with Crippen molar-refractivity contribution in [1.29, 1.82) is 0 Å². The van der Waals surface area contributed by atoms with E-state index in [1.807, 2.05) is 0 Å². The predicted octanol–water partition coefficient (Wildman–Crippen LogP) is 2.35. The lowest BCUT2D eigenvalue weighted by atomic mass is 9.89. The van der Waals surface area contributed by atoms with Crippen molar-refractivity contribution in [2.45, 2.75) is 32.6 Å². The second-order valence-corrected chi connectivity index (χ2v) is 5.23. The molecule has 2 aromatic rings. The summed E-state index contributed by atoms with van der Waals surface area (Å²) < 4.78 is 0. The van der Waals surface area contributed by atoms with Gasteiger partial charge in [0.1, 0.15) is 12.1 Å². The van der Waals surface area contributed by atoms with Gasteiger partial charge in [0, 0.05) is 6.54 Å². The summed E-state index contributed by atoms with van der Waals surface area (Å²) in [5.41, 5.74) is 1.21. The average molecular weight is 231 g/mol. The van der Waals surface area contributed by atoms with Gasteiger partial charge in [0.2, 0.25) is 0 Å². The zero-order valence-electron chi connectivity index (χ0n) is 10.0. The highest BCUT2D eigenvalue weighted by molar-refractivity contribution is 5.85. The van der Waals surface area contributed by atoms with Gasteiger partial charge >= 0.3 is 0 Å². The molecule has 90 valence electrons. The third-order valence-corrected chi connectivity index (χ3v) is 3.74. The van der Waals surface area contributed by atoms with E-state index in [0.717, 1.165) is 23.4 Å². The predicted molar refractivity (Wildman–Crippen MR) is 66.7 cm³/mol. The van der Waals surface area contributed by atoms with Gasteiger partial charge in [0.05, 0.1) is 11.6 Å². The quantitative estimate of drug-likeness (QED) is 0.851. The Morgan fingerprint density at radius 3 is 3.00 bits per heavy atom. The highest BCUT2D eigenvalue weighted by Gasteiger charge is 2.28. The van der Waals surface area contributed by atoms with E-state index in [1.165, 1.54) is 25.7 Å². The van der Waals surface area contributed by atoms with Crippen LogP contribution in [-0.2, 0) is 0 Å². The Hall–Kier alpha value is -1.65. The Morgan fingerprint density at radius 2 is 2.18 bits per heavy atom. The lowest BCUT2D eigenvalue weighted by Gasteiger charge is -2.24. The molecular formula is C12H17N5. The molecule has 0 amide bonds. The zero-order chi connectivity index (χ0) is 11.7. The first-order valence-corrected chi connectivity index (χ1v) is 6.15. The van der Waals surface area contributed by atoms with Gasteiger partial charge in [-0.1, -0.05) is 19.8 Å². The topological polar surface area (TPSA) is 66.5 Å². The van der Waals surface area contributed by atoms with Gasteiger partial charge in [-0.2, -0.15) is 5.10 Å². The summed E-state index contributed by atoms with van der Waals surface area (Å²) in [5.74, 6) is 0.886. The molecule has 1 saturated carbocycles. The van der Waals surface area contributed by atoms with Crippen molar-refractivity contribution in [3.63, 3.8) is 0 Å². The van der Waals surface area contributed by atoms with Crippen LogP contribution in [-0.4, -0.2) is 26.7 Å². The lowest BCUT2D eigenvalue weighted by Crippen LogP contribution is -2.23. The van der Waals surface area contributed by atoms with E-state index in [2.05, 4.69) is 32.4 Å². The molecule has 1 aliphatic rings. The number of hydrogen-bond donors (Lipinski definition) is 2. The highest BCUT2D eigenvalue weighted by Crippen LogP contribution is 2.37. The summed E-state index contributed by atoms with van der Waals surface area (Å²) in [6, 6.07) is 0. The van der Waals surface area contributed by atoms with Crippen molar-refractivity contribution in [2.24, 2.45) is 5.41 Å². The third-order valence-electron chi connectivity index (χ3n) is 3.74. The molecule has 5 heteroatoms. The summed E-state index contributed by atoms with van der Waals surface area (Å²) in [5, 5.41) is 11.3. The van der Waals surface area contributed by atoms with Crippen LogP contribution in [0.4, 0.5) is 5.82 Å². The number of H-pyrrole nitrogens is 1. The molecule has 0 aliphatic heterocycles. The van der Waals surface area contributed by atoms with E-state index in [1.54, 1.807) is 12.5 Å². The molecule has 1 aliphatic carbocycles. The Morgan fingerprint density at radius 1 is 1.35 bits per heavy atom. The average Bonchev–Trinajstić information content (AvgIpc) is 2.95. The summed E-state index contributed by atoms with van der Waals surface area (Å²) in [6.45, 7) is 3.32. The van der Waals surface area contributed by atoms with Crippen LogP contribution in [0.15, 0.2) is 12.5 Å². The minimum absolute atomic E-state index is 0.418. The second-order valence-electron chi connectivity index (χ2n) is 5.23. The summed E-state index contributed by atoms with van der Waals surface area (Å²) in [6.07, 6.45) is 8.65. The fourth-order valence-electron chi connectivity index (χ4n) is 2.61. The van der Waals surface area contributed by atoms with Gasteiger partial charge in [-0.25, -0.2) is 9.97 Å². The van der Waals surface area contributed by atoms with E-state index in [0.29, 0.717) is 5.41 Å². The Balaban J connectivity index is 1.78. The van der Waals surface area contributed by atoms with Crippen LogP contribution in [0.5, 0.6) is 0 Å². The molecule has 0 spiro atoms. The first-order chi connectivity index (χ1) is 8.27. The first-order valence-electron chi connectivity index (χ1n) is 6.15. The highest BCUT2D eigenvalue weighted by atomic mass is 15.2. The van der Waals surface area contributed by atoms with Crippen LogP contribution in [0.1, 0.15) is 32.6 Å². The SMILES string of the molecule is CC1(CNc2ncnc3[nH]ncc23)CCCC1. The number of rotatable bonds is 3. The summed E-state index contributed by atoms with van der Waals surface area (Å²) >= 11 is 0. The molecule has 2 aromatic heterocycles. The zero-order valence-corrected chi connectivity index (χ0v) is 10.0. The molecular weight excluding hydrogens is 214 g/mol. The van der Waals surface area contributed by atoms with E-state index in [9.17, 15) is 0 Å². The molecule has 0 unspecified atom stereocenters. The van der Waals surface area contributed by atoms with E-state index in [-0.39, 0.29) is 0 Å². The largest absolute Gasteiger partial charge is 0.369 e. The molecule has 17 heavy (non-hydrogen) atoms. The second kappa shape index (κ2) is 3.98. The van der Waals surface area contributed by atoms with Gasteiger partial charge in [-0.3, -0.25) is 5.10 Å². The van der Waals surface area contributed by atoms with Gasteiger partial charge in [0.15, 0.2) is 5.65 Å². The molecule has 2 heterocycles. The van der Waals surface area contributed by atoms with Gasteiger partial charge < -0.3 is 5.32 Å². The number of fused-ring (bicyclic) bond motifs is 1. The van der Waals surface area contributed by atoms with Crippen LogP contribution >= 0.6 is 0 Å². The minimum Gasteiger partial charge on any atom is -0.369 e. The molecule has 0 radical (unpaired) electrons. The van der Waals surface area contributed by atoms with Gasteiger partial charge in [-0.15, -0.1) is 0 Å². The normalized spacial score (nSPS) is 18.6. The smallest absolute Gasteiger partial charge is 0.160 e. The number of nitrogens with one attached hydrogen (secondary N) is 2. The number of aromatic nitrogens is 4. The Labute approximate surface area is 100 Å². The fraction of sp³-hybridized carbons (Fsp3) is 0.583. The Bertz CT molecular complexity index is 512. The molecule has 0 atom stereocenters. The monoisotopic (exact) mass is 231 g/mol. The molecule has 0 saturated heterocycles. The molecule has 1 fully saturated rings. The molecule has 0 bridgehead atoms. The van der Waals surface area contributed by atoms with Gasteiger partial charge in [-0.05, 0) is 18.3 Å². The van der Waals surface area contributed by atoms with E-state index >= 15 is 0 Å². The molecule has 5 nitrogen and oxygen atoms in total. The summed E-state index contributed by atoms with van der Waals surface area (Å²) in [4.78, 5) is 8.42. The lowest BCUT2D eigenvalue weighted by molar-refractivity contribution is 0.362. The van der Waals surface area contributed by atoms with Crippen molar-refractivity contribution in [3.05, 3.63) is 12.5 Å². The fourth-order valence-corrected chi connectivity index (χ4v) is 2.61. The minimum atomic E-state index is 0.418. The number of anilines is 1. The first kappa shape index (κ1) is 10.5. The number of hydrogen-bond acceptors (Lipinski definition) is 4. The van der Waals surface area contributed by atoms with E-state index < -0.39 is 0 Å². The van der Waals surface area contributed by atoms with Crippen LogP contribution in [0, 0.1) is 5.41 Å². The molecule has 0 aromatic carbocycles. The Kier molecular flexibility index (Phi) is 2.46. The van der Waals surface area contributed by atoms with Crippen LogP contribution in [0.25, 0.3) is 11.0 Å². The molecule has 3 rings (SSSR count). The maximum absolute atomic E-state index is 4.29. The molecule has 2 N–H and O–H groups in total. The van der Waals surface area contributed by atoms with Crippen molar-refractivity contribution in [1.82, 2.24) is 20.2 Å². The van der Waals surface area contributed by atoms with Gasteiger partial charge in [0.25, 0.3) is 0 Å². The maximum Gasteiger partial charge on any atom is 0.160 e. The van der Waals surface area contributed by atoms with E-state index in [4.69, 9.17) is 0 Å². The van der Waals surface area contributed by atoms with Crippen LogP contribution < -0.4 is 5.32 Å². The number of nitrogens with zero attached hydrogens (tertiary/aromatic N) is 3. The number of aromatic amines is 1. The van der Waals surface area contributed by atoms with Crippen molar-refractivity contribution >= 4 is 16.9 Å². The standard InChI is InChI=1S/C12H17N5/c1-12(4-2-3-5-12)7-13-10-9-6-16-17-11(9)15-8-14-10/h6,8H,2-5,7H2,1H3,(H2,13,14,15,16,17). The van der Waals surface area contributed by atoms with Crippen LogP contribution in [0.3, 0.4) is 0 Å². The van der Waals surface area contributed by atoms with Crippen molar-refractivity contribution in [2.75, 3.05) is 11.9 Å². The van der Waals surface area contributed by atoms with Crippen molar-refractivity contribution < 1.29 is 0 Å². The third kappa shape index (κ3) is 1.97. The van der Waals surface area contributed by atoms with Crippen molar-refractivity contribution in [3.8, 4) is 0 Å². The maximum atomic E-state index is 4.29.